The average molecular weight is 643 g/mol. The summed E-state index contributed by atoms with van der Waals surface area (Å²) in [6, 6.07) is 12.3. The molecular weight excluding hydrogens is 614 g/mol. The van der Waals surface area contributed by atoms with Crippen LogP contribution in [0.5, 0.6) is 5.88 Å². The Morgan fingerprint density at radius 1 is 1.11 bits per heavy atom. The van der Waals surface area contributed by atoms with Crippen LogP contribution in [-0.2, 0) is 36.1 Å². The second kappa shape index (κ2) is 12.4. The Morgan fingerprint density at radius 3 is 2.74 bits per heavy atom. The summed E-state index contributed by atoms with van der Waals surface area (Å²) in [6.45, 7) is 1.31. The molecule has 0 amide bonds. The lowest BCUT2D eigenvalue weighted by molar-refractivity contribution is -0.0589. The summed E-state index contributed by atoms with van der Waals surface area (Å²) in [7, 11) is 3.17. The molecule has 0 unspecified atom stereocenters. The lowest BCUT2D eigenvalue weighted by Crippen LogP contribution is -2.31. The maximum absolute atomic E-state index is 15.6. The fourth-order valence-electron chi connectivity index (χ4n) is 5.32. The number of carbonyl (C=O) groups is 1. The molecule has 1 aliphatic heterocycles. The number of pyridine rings is 1. The Bertz CT molecular complexity index is 2070. The maximum Gasteiger partial charge on any atom is 0.337 e. The third-order valence-corrected chi connectivity index (χ3v) is 8.82. The Labute approximate surface area is 266 Å². The first-order chi connectivity index (χ1) is 22.3. The molecule has 0 radical (unpaired) electrons. The first-order valence-electron chi connectivity index (χ1n) is 14.6. The molecular formula is C33H28F2N6O4S. The molecule has 1 aliphatic rings. The fourth-order valence-corrected chi connectivity index (χ4v) is 6.12. The van der Waals surface area contributed by atoms with Crippen molar-refractivity contribution in [3.05, 3.63) is 101 Å². The molecule has 6 aromatic rings. The number of aromatic nitrogens is 6. The van der Waals surface area contributed by atoms with Crippen LogP contribution in [0, 0.1) is 11.6 Å². The summed E-state index contributed by atoms with van der Waals surface area (Å²) < 4.78 is 51.1. The van der Waals surface area contributed by atoms with Gasteiger partial charge in [-0.1, -0.05) is 6.07 Å². The number of imidazole rings is 1. The van der Waals surface area contributed by atoms with Crippen molar-refractivity contribution in [2.75, 3.05) is 13.7 Å². The lowest BCUT2D eigenvalue weighted by Gasteiger charge is -2.27. The number of nitrogens with zero attached hydrogens (tertiary/aromatic N) is 6. The van der Waals surface area contributed by atoms with Crippen LogP contribution in [0.3, 0.4) is 0 Å². The summed E-state index contributed by atoms with van der Waals surface area (Å²) in [5.74, 6) is -0.899. The number of carbonyl (C=O) groups excluding carboxylic acids is 1. The SMILES string of the molecule is COC(=O)c1ccc2nc(Cc3cc(F)c(-c4cccc(OCc5ncc(-c6cnn(C)c6)s5)n4)cc3F)n(C[C@@H]3CCO3)c2c1. The van der Waals surface area contributed by atoms with Crippen LogP contribution >= 0.6 is 11.3 Å². The number of ether oxygens (including phenoxy) is 3. The molecule has 1 atom stereocenters. The number of hydrogen-bond acceptors (Lipinski definition) is 9. The van der Waals surface area contributed by atoms with Crippen molar-refractivity contribution in [3.63, 3.8) is 0 Å². The normalized spacial score (nSPS) is 14.4. The zero-order chi connectivity index (χ0) is 31.8. The van der Waals surface area contributed by atoms with Gasteiger partial charge in [0, 0.05) is 49.7 Å². The van der Waals surface area contributed by atoms with Crippen molar-refractivity contribution in [2.24, 2.45) is 7.05 Å². The van der Waals surface area contributed by atoms with E-state index >= 15 is 8.78 Å². The van der Waals surface area contributed by atoms with Crippen LogP contribution in [-0.4, -0.2) is 55.1 Å². The van der Waals surface area contributed by atoms with Gasteiger partial charge >= 0.3 is 5.97 Å². The summed E-state index contributed by atoms with van der Waals surface area (Å²) in [4.78, 5) is 26.7. The van der Waals surface area contributed by atoms with E-state index in [-0.39, 0.29) is 41.8 Å². The minimum absolute atomic E-state index is 0.0129. The molecule has 7 rings (SSSR count). The Balaban J connectivity index is 1.11. The predicted octanol–water partition coefficient (Wildman–Crippen LogP) is 5.98. The van der Waals surface area contributed by atoms with Gasteiger partial charge in [0.05, 0.1) is 53.1 Å². The van der Waals surface area contributed by atoms with Gasteiger partial charge in [0.1, 0.15) is 29.1 Å². The number of aryl methyl sites for hydroxylation is 1. The highest BCUT2D eigenvalue weighted by molar-refractivity contribution is 7.15. The highest BCUT2D eigenvalue weighted by atomic mass is 32.1. The van der Waals surface area contributed by atoms with E-state index in [4.69, 9.17) is 19.2 Å². The molecule has 234 valence electrons. The number of thiazole rings is 1. The standard InChI is InChI=1S/C33H28F2N6O4S/c1-40-16-21(14-37-40)29-15-36-32(46-29)18-45-31-5-3-4-26(39-31)23-13-24(34)20(10-25(23)35)12-30-38-27-7-6-19(33(42)43-2)11-28(27)41(30)17-22-8-9-44-22/h3-7,10-11,13-16,22H,8-9,12,17-18H2,1-2H3/t22-/m0/s1. The Hall–Kier alpha value is -5.01. The molecule has 46 heavy (non-hydrogen) atoms. The van der Waals surface area contributed by atoms with Crippen molar-refractivity contribution in [3.8, 4) is 27.6 Å². The zero-order valence-electron chi connectivity index (χ0n) is 24.9. The van der Waals surface area contributed by atoms with E-state index in [1.165, 1.54) is 24.5 Å². The molecule has 10 nitrogen and oxygen atoms in total. The smallest absolute Gasteiger partial charge is 0.337 e. The van der Waals surface area contributed by atoms with Crippen LogP contribution < -0.4 is 4.74 Å². The minimum atomic E-state index is -0.625. The minimum Gasteiger partial charge on any atom is -0.470 e. The van der Waals surface area contributed by atoms with Crippen molar-refractivity contribution < 1.29 is 27.8 Å². The van der Waals surface area contributed by atoms with Crippen LogP contribution in [0.25, 0.3) is 32.7 Å². The van der Waals surface area contributed by atoms with Gasteiger partial charge in [-0.15, -0.1) is 11.3 Å². The monoisotopic (exact) mass is 642 g/mol. The van der Waals surface area contributed by atoms with E-state index in [1.54, 1.807) is 53.5 Å². The molecule has 4 aromatic heterocycles. The van der Waals surface area contributed by atoms with E-state index in [2.05, 4.69) is 15.1 Å². The summed E-state index contributed by atoms with van der Waals surface area (Å²) in [5, 5.41) is 4.93. The topological polar surface area (TPSA) is 106 Å². The Morgan fingerprint density at radius 2 is 1.98 bits per heavy atom. The number of benzene rings is 2. The average Bonchev–Trinajstić information content (AvgIpc) is 3.77. The molecule has 0 aliphatic carbocycles. The summed E-state index contributed by atoms with van der Waals surface area (Å²) in [5.41, 5.74) is 3.05. The number of rotatable bonds is 10. The quantitative estimate of drug-likeness (QED) is 0.168. The molecule has 1 fully saturated rings. The highest BCUT2D eigenvalue weighted by Crippen LogP contribution is 2.30. The fraction of sp³-hybridized carbons (Fsp3) is 0.242. The number of hydrogen-bond donors (Lipinski definition) is 0. The Kier molecular flexibility index (Phi) is 8.01. The molecule has 13 heteroatoms. The second-order valence-corrected chi connectivity index (χ2v) is 12.0. The van der Waals surface area contributed by atoms with E-state index in [1.807, 2.05) is 17.8 Å². The van der Waals surface area contributed by atoms with Crippen molar-refractivity contribution >= 4 is 28.3 Å². The number of esters is 1. The van der Waals surface area contributed by atoms with Crippen LogP contribution in [0.4, 0.5) is 8.78 Å². The highest BCUT2D eigenvalue weighted by Gasteiger charge is 2.24. The van der Waals surface area contributed by atoms with Gasteiger partial charge in [-0.2, -0.15) is 5.10 Å². The first kappa shape index (κ1) is 29.7. The molecule has 5 heterocycles. The number of methoxy groups -OCH3 is 1. The van der Waals surface area contributed by atoms with Crippen molar-refractivity contribution in [1.29, 1.82) is 0 Å². The van der Waals surface area contributed by atoms with E-state index in [0.717, 1.165) is 27.9 Å². The third kappa shape index (κ3) is 5.98. The maximum atomic E-state index is 15.6. The van der Waals surface area contributed by atoms with E-state index in [9.17, 15) is 4.79 Å². The van der Waals surface area contributed by atoms with Gasteiger partial charge in [0.25, 0.3) is 0 Å². The molecule has 2 aromatic carbocycles. The third-order valence-electron chi connectivity index (χ3n) is 7.80. The van der Waals surface area contributed by atoms with E-state index in [0.29, 0.717) is 35.6 Å². The zero-order valence-corrected chi connectivity index (χ0v) is 25.8. The van der Waals surface area contributed by atoms with Crippen molar-refractivity contribution in [1.82, 2.24) is 29.3 Å². The first-order valence-corrected chi connectivity index (χ1v) is 15.4. The molecule has 0 saturated carbocycles. The number of fused-ring (bicyclic) bond motifs is 1. The van der Waals surface area contributed by atoms with Gasteiger partial charge in [-0.05, 0) is 48.4 Å². The summed E-state index contributed by atoms with van der Waals surface area (Å²) >= 11 is 1.48. The van der Waals surface area contributed by atoms with Crippen LogP contribution in [0.2, 0.25) is 0 Å². The molecule has 0 N–H and O–H groups in total. The van der Waals surface area contributed by atoms with Crippen LogP contribution in [0.1, 0.15) is 33.2 Å². The van der Waals surface area contributed by atoms with Gasteiger partial charge in [-0.3, -0.25) is 4.68 Å². The molecule has 0 bridgehead atoms. The van der Waals surface area contributed by atoms with Crippen molar-refractivity contribution in [2.45, 2.75) is 32.1 Å². The van der Waals surface area contributed by atoms with E-state index < -0.39 is 17.6 Å². The van der Waals surface area contributed by atoms with Gasteiger partial charge < -0.3 is 18.8 Å². The van der Waals surface area contributed by atoms with Gasteiger partial charge in [0.2, 0.25) is 5.88 Å². The van der Waals surface area contributed by atoms with Crippen LogP contribution in [0.15, 0.2) is 67.1 Å². The van der Waals surface area contributed by atoms with Gasteiger partial charge in [0.15, 0.2) is 0 Å². The van der Waals surface area contributed by atoms with Gasteiger partial charge in [-0.25, -0.2) is 28.5 Å². The lowest BCUT2D eigenvalue weighted by atomic mass is 10.0. The second-order valence-electron chi connectivity index (χ2n) is 10.9. The largest absolute Gasteiger partial charge is 0.470 e. The molecule has 1 saturated heterocycles. The molecule has 0 spiro atoms. The predicted molar refractivity (Wildman–Crippen MR) is 166 cm³/mol. The summed E-state index contributed by atoms with van der Waals surface area (Å²) in [6.07, 6.45) is 6.32. The number of halogens is 2.